The van der Waals surface area contributed by atoms with E-state index in [9.17, 15) is 15.0 Å². The van der Waals surface area contributed by atoms with E-state index in [1.54, 1.807) is 6.08 Å². The molecule has 1 fully saturated rings. The Labute approximate surface area is 136 Å². The average molecular weight is 310 g/mol. The Kier molecular flexibility index (Phi) is 2.99. The lowest BCUT2D eigenvalue weighted by Crippen LogP contribution is -2.28. The first-order chi connectivity index (χ1) is 10.9. The molecule has 1 spiro atoms. The summed E-state index contributed by atoms with van der Waals surface area (Å²) in [6, 6.07) is 0. The molecule has 1 aromatic rings. The lowest BCUT2D eigenvalue weighted by atomic mass is 9.69. The van der Waals surface area contributed by atoms with Gasteiger partial charge in [-0.15, -0.1) is 0 Å². The van der Waals surface area contributed by atoms with Crippen LogP contribution in [0.4, 0.5) is 0 Å². The van der Waals surface area contributed by atoms with E-state index in [1.807, 2.05) is 13.0 Å². The molecule has 120 valence electrons. The van der Waals surface area contributed by atoms with E-state index in [1.165, 1.54) is 11.1 Å². The number of phenols is 2. The third-order valence-corrected chi connectivity index (χ3v) is 6.07. The van der Waals surface area contributed by atoms with Gasteiger partial charge in [0.1, 0.15) is 11.5 Å². The van der Waals surface area contributed by atoms with Crippen LogP contribution in [0.3, 0.4) is 0 Å². The van der Waals surface area contributed by atoms with Crippen molar-refractivity contribution in [1.29, 1.82) is 0 Å². The van der Waals surface area contributed by atoms with Crippen LogP contribution >= 0.6 is 0 Å². The van der Waals surface area contributed by atoms with Crippen LogP contribution in [0.25, 0.3) is 0 Å². The van der Waals surface area contributed by atoms with E-state index in [0.717, 1.165) is 36.8 Å². The number of aromatic hydroxyl groups is 2. The highest BCUT2D eigenvalue weighted by Crippen LogP contribution is 2.54. The normalized spacial score (nSPS) is 21.7. The zero-order valence-electron chi connectivity index (χ0n) is 13.7. The summed E-state index contributed by atoms with van der Waals surface area (Å²) in [6.45, 7) is 4.12. The number of ketones is 1. The zero-order valence-corrected chi connectivity index (χ0v) is 13.7. The van der Waals surface area contributed by atoms with Crippen molar-refractivity contribution in [1.82, 2.24) is 0 Å². The maximum Gasteiger partial charge on any atom is 0.189 e. The lowest BCUT2D eigenvalue weighted by Gasteiger charge is -2.35. The van der Waals surface area contributed by atoms with E-state index in [4.69, 9.17) is 0 Å². The molecule has 3 nitrogen and oxygen atoms in total. The third kappa shape index (κ3) is 1.85. The van der Waals surface area contributed by atoms with Gasteiger partial charge in [-0.2, -0.15) is 0 Å². The zero-order chi connectivity index (χ0) is 16.4. The van der Waals surface area contributed by atoms with E-state index in [2.05, 4.69) is 6.92 Å². The van der Waals surface area contributed by atoms with Gasteiger partial charge in [-0.3, -0.25) is 4.79 Å². The minimum Gasteiger partial charge on any atom is -0.507 e. The maximum atomic E-state index is 12.5. The molecule has 0 saturated heterocycles. The predicted octanol–water partition coefficient (Wildman–Crippen LogP) is 4.10. The molecule has 3 aliphatic carbocycles. The highest BCUT2D eigenvalue weighted by molar-refractivity contribution is 6.10. The summed E-state index contributed by atoms with van der Waals surface area (Å²) in [5.41, 5.74) is 4.76. The third-order valence-electron chi connectivity index (χ3n) is 6.07. The predicted molar refractivity (Wildman–Crippen MR) is 89.2 cm³/mol. The van der Waals surface area contributed by atoms with E-state index in [-0.39, 0.29) is 22.7 Å². The quantitative estimate of drug-likeness (QED) is 0.560. The van der Waals surface area contributed by atoms with Crippen LogP contribution < -0.4 is 0 Å². The summed E-state index contributed by atoms with van der Waals surface area (Å²) in [5.74, 6) is 0.163. The summed E-state index contributed by atoms with van der Waals surface area (Å²) in [5, 5.41) is 21.9. The topological polar surface area (TPSA) is 57.5 Å². The van der Waals surface area contributed by atoms with Gasteiger partial charge in [0, 0.05) is 22.1 Å². The van der Waals surface area contributed by atoms with E-state index >= 15 is 0 Å². The van der Waals surface area contributed by atoms with Crippen molar-refractivity contribution >= 4 is 5.78 Å². The molecule has 0 bridgehead atoms. The number of carbonyl (C=O) groups excluding carboxylic acids is 1. The maximum absolute atomic E-state index is 12.5. The van der Waals surface area contributed by atoms with Gasteiger partial charge < -0.3 is 10.2 Å². The van der Waals surface area contributed by atoms with Crippen molar-refractivity contribution in [3.05, 3.63) is 45.6 Å². The molecule has 0 amide bonds. The summed E-state index contributed by atoms with van der Waals surface area (Å²) in [6.07, 6.45) is 8.87. The lowest BCUT2D eigenvalue weighted by molar-refractivity contribution is 0.103. The van der Waals surface area contributed by atoms with Gasteiger partial charge in [0.15, 0.2) is 5.78 Å². The molecule has 0 radical (unpaired) electrons. The number of phenolic OH excluding ortho intramolecular Hbond substituents is 2. The molecular formula is C20H22O3. The molecule has 0 atom stereocenters. The first-order valence-electron chi connectivity index (χ1n) is 8.43. The number of fused-ring (bicyclic) bond motifs is 3. The van der Waals surface area contributed by atoms with Gasteiger partial charge in [-0.1, -0.05) is 30.1 Å². The highest BCUT2D eigenvalue weighted by atomic mass is 16.3. The molecule has 23 heavy (non-hydrogen) atoms. The van der Waals surface area contributed by atoms with Crippen LogP contribution in [0, 0.1) is 0 Å². The Balaban J connectivity index is 2.03. The summed E-state index contributed by atoms with van der Waals surface area (Å²) in [4.78, 5) is 12.5. The average Bonchev–Trinajstić information content (AvgIpc) is 2.98. The first kappa shape index (κ1) is 14.6. The van der Waals surface area contributed by atoms with Crippen LogP contribution in [0.5, 0.6) is 11.5 Å². The number of rotatable bonds is 0. The first-order valence-corrected chi connectivity index (χ1v) is 8.43. The SMILES string of the molecule is CC1=C(C)Cc2c(O)c3c(c(O)c2C1)C(=O)C=CC31CCCC1. The highest BCUT2D eigenvalue weighted by Gasteiger charge is 2.43. The van der Waals surface area contributed by atoms with Crippen molar-refractivity contribution < 1.29 is 15.0 Å². The van der Waals surface area contributed by atoms with Crippen molar-refractivity contribution in [2.45, 2.75) is 57.8 Å². The van der Waals surface area contributed by atoms with Crippen LogP contribution in [-0.2, 0) is 18.3 Å². The fourth-order valence-electron chi connectivity index (χ4n) is 4.59. The van der Waals surface area contributed by atoms with Crippen molar-refractivity contribution in [3.63, 3.8) is 0 Å². The largest absolute Gasteiger partial charge is 0.507 e. The molecule has 1 aromatic carbocycles. The molecule has 0 unspecified atom stereocenters. The van der Waals surface area contributed by atoms with Crippen molar-refractivity contribution in [2.24, 2.45) is 0 Å². The Morgan fingerprint density at radius 3 is 2.13 bits per heavy atom. The standard InChI is InChI=1S/C20H22O3/c1-11-9-13-14(10-12(11)2)19(23)17-16(18(13)22)15(21)5-8-20(17)6-3-4-7-20/h5,8,22-23H,3-4,6-7,9-10H2,1-2H3. The van der Waals surface area contributed by atoms with Crippen molar-refractivity contribution in [2.75, 3.05) is 0 Å². The molecule has 1 saturated carbocycles. The Morgan fingerprint density at radius 2 is 1.52 bits per heavy atom. The fourth-order valence-corrected chi connectivity index (χ4v) is 4.59. The van der Waals surface area contributed by atoms with E-state index in [0.29, 0.717) is 24.0 Å². The van der Waals surface area contributed by atoms with Gasteiger partial charge in [0.25, 0.3) is 0 Å². The van der Waals surface area contributed by atoms with Gasteiger partial charge in [-0.05, 0) is 45.6 Å². The summed E-state index contributed by atoms with van der Waals surface area (Å²) < 4.78 is 0. The summed E-state index contributed by atoms with van der Waals surface area (Å²) in [7, 11) is 0. The monoisotopic (exact) mass is 310 g/mol. The van der Waals surface area contributed by atoms with Gasteiger partial charge in [0.05, 0.1) is 5.56 Å². The second-order valence-electron chi connectivity index (χ2n) is 7.38. The molecule has 0 aromatic heterocycles. The molecule has 4 rings (SSSR count). The number of carbonyl (C=O) groups is 1. The Bertz CT molecular complexity index is 790. The Hall–Kier alpha value is -2.03. The number of hydrogen-bond acceptors (Lipinski definition) is 3. The number of benzene rings is 1. The number of allylic oxidation sites excluding steroid dienone is 4. The van der Waals surface area contributed by atoms with Crippen LogP contribution in [0.15, 0.2) is 23.3 Å². The second-order valence-corrected chi connectivity index (χ2v) is 7.38. The van der Waals surface area contributed by atoms with E-state index < -0.39 is 0 Å². The van der Waals surface area contributed by atoms with Crippen molar-refractivity contribution in [3.8, 4) is 11.5 Å². The van der Waals surface area contributed by atoms with Crippen LogP contribution in [-0.4, -0.2) is 16.0 Å². The smallest absolute Gasteiger partial charge is 0.189 e. The molecular weight excluding hydrogens is 288 g/mol. The van der Waals surface area contributed by atoms with Crippen LogP contribution in [0.1, 0.15) is 66.6 Å². The molecule has 0 aliphatic heterocycles. The minimum absolute atomic E-state index is 0.0975. The second kappa shape index (κ2) is 4.73. The Morgan fingerprint density at radius 1 is 0.957 bits per heavy atom. The van der Waals surface area contributed by atoms with Crippen LogP contribution in [0.2, 0.25) is 0 Å². The molecule has 2 N–H and O–H groups in total. The number of hydrogen-bond donors (Lipinski definition) is 2. The van der Waals surface area contributed by atoms with Gasteiger partial charge in [-0.25, -0.2) is 0 Å². The molecule has 3 aliphatic rings. The van der Waals surface area contributed by atoms with Gasteiger partial charge in [0.2, 0.25) is 0 Å². The minimum atomic E-state index is -0.274. The molecule has 3 heteroatoms. The molecule has 0 heterocycles. The fraction of sp³-hybridized carbons (Fsp3) is 0.450. The summed E-state index contributed by atoms with van der Waals surface area (Å²) >= 11 is 0. The van der Waals surface area contributed by atoms with Gasteiger partial charge >= 0.3 is 0 Å².